The van der Waals surface area contributed by atoms with Gasteiger partial charge in [0.1, 0.15) is 0 Å². The molecule has 0 aliphatic heterocycles. The highest BCUT2D eigenvalue weighted by atomic mass is 35.5. The molecule has 0 spiro atoms. The molecule has 1 aromatic carbocycles. The van der Waals surface area contributed by atoms with Crippen LogP contribution < -0.4 is 5.73 Å². The summed E-state index contributed by atoms with van der Waals surface area (Å²) in [6.07, 6.45) is 2.08. The van der Waals surface area contributed by atoms with Crippen LogP contribution in [0.25, 0.3) is 0 Å². The van der Waals surface area contributed by atoms with Crippen molar-refractivity contribution < 1.29 is 0 Å². The topological polar surface area (TPSA) is 32.5 Å². The van der Waals surface area contributed by atoms with Crippen molar-refractivity contribution in [3.63, 3.8) is 0 Å². The van der Waals surface area contributed by atoms with Crippen molar-refractivity contribution in [2.75, 3.05) is 33.7 Å². The van der Waals surface area contributed by atoms with Gasteiger partial charge in [-0.1, -0.05) is 43.6 Å². The van der Waals surface area contributed by atoms with E-state index in [0.29, 0.717) is 0 Å². The summed E-state index contributed by atoms with van der Waals surface area (Å²) >= 11 is 6.42. The highest BCUT2D eigenvalue weighted by molar-refractivity contribution is 6.31. The maximum atomic E-state index is 6.42. The van der Waals surface area contributed by atoms with Gasteiger partial charge in [-0.25, -0.2) is 0 Å². The van der Waals surface area contributed by atoms with Crippen LogP contribution >= 0.6 is 11.6 Å². The minimum atomic E-state index is 0.101. The highest BCUT2D eigenvalue weighted by Gasteiger charge is 2.26. The van der Waals surface area contributed by atoms with Gasteiger partial charge in [-0.05, 0) is 51.7 Å². The molecule has 0 amide bonds. The lowest BCUT2D eigenvalue weighted by atomic mass is 9.96. The molecule has 0 aliphatic rings. The van der Waals surface area contributed by atoms with E-state index in [0.717, 1.165) is 43.1 Å². The Labute approximate surface area is 135 Å². The van der Waals surface area contributed by atoms with Crippen LogP contribution in [0.2, 0.25) is 5.02 Å². The average Bonchev–Trinajstić information content (AvgIpc) is 2.47. The summed E-state index contributed by atoms with van der Waals surface area (Å²) in [6, 6.07) is 8.38. The number of benzene rings is 1. The van der Waals surface area contributed by atoms with Crippen LogP contribution in [-0.4, -0.2) is 49.6 Å². The molecular formula is C17H30ClN3. The molecule has 2 N–H and O–H groups in total. The number of rotatable bonds is 9. The van der Waals surface area contributed by atoms with E-state index in [1.54, 1.807) is 0 Å². The first kappa shape index (κ1) is 18.4. The number of halogens is 1. The Morgan fingerprint density at radius 2 is 1.81 bits per heavy atom. The second kappa shape index (κ2) is 9.42. The molecule has 4 heteroatoms. The van der Waals surface area contributed by atoms with Crippen molar-refractivity contribution in [3.8, 4) is 0 Å². The number of hydrogen-bond acceptors (Lipinski definition) is 3. The number of hydrogen-bond donors (Lipinski definition) is 1. The molecule has 0 bridgehead atoms. The lowest BCUT2D eigenvalue weighted by Gasteiger charge is -2.35. The molecule has 2 unspecified atom stereocenters. The predicted molar refractivity (Wildman–Crippen MR) is 92.9 cm³/mol. The van der Waals surface area contributed by atoms with E-state index < -0.39 is 0 Å². The van der Waals surface area contributed by atoms with E-state index in [1.807, 2.05) is 18.2 Å². The standard InChI is InChI=1S/C17H30ClN3/c1-5-16(19)17(14-10-7-8-11-15(14)18)21(6-2)13-9-12-20(3)4/h7-8,10-11,16-17H,5-6,9,12-13,19H2,1-4H3. The van der Waals surface area contributed by atoms with Gasteiger partial charge in [-0.2, -0.15) is 0 Å². The van der Waals surface area contributed by atoms with E-state index in [9.17, 15) is 0 Å². The Hall–Kier alpha value is -0.610. The third kappa shape index (κ3) is 5.59. The minimum Gasteiger partial charge on any atom is -0.326 e. The van der Waals surface area contributed by atoms with Crippen molar-refractivity contribution in [1.82, 2.24) is 9.80 Å². The fraction of sp³-hybridized carbons (Fsp3) is 0.647. The summed E-state index contributed by atoms with van der Waals surface area (Å²) in [5.74, 6) is 0. The number of nitrogens with zero attached hydrogens (tertiary/aromatic N) is 2. The molecule has 120 valence electrons. The zero-order chi connectivity index (χ0) is 15.8. The SMILES string of the molecule is CCC(N)C(c1ccccc1Cl)N(CC)CCCN(C)C. The molecule has 0 saturated heterocycles. The maximum absolute atomic E-state index is 6.42. The van der Waals surface area contributed by atoms with Crippen LogP contribution in [0.3, 0.4) is 0 Å². The van der Waals surface area contributed by atoms with Crippen molar-refractivity contribution >= 4 is 11.6 Å². The van der Waals surface area contributed by atoms with Crippen molar-refractivity contribution in [3.05, 3.63) is 34.9 Å². The van der Waals surface area contributed by atoms with E-state index in [1.165, 1.54) is 0 Å². The van der Waals surface area contributed by atoms with E-state index in [4.69, 9.17) is 17.3 Å². The zero-order valence-corrected chi connectivity index (χ0v) is 14.6. The summed E-state index contributed by atoms with van der Waals surface area (Å²) in [5, 5.41) is 0.817. The predicted octanol–water partition coefficient (Wildman–Crippen LogP) is 3.39. The van der Waals surface area contributed by atoms with Crippen molar-refractivity contribution in [2.24, 2.45) is 5.73 Å². The second-order valence-electron chi connectivity index (χ2n) is 5.82. The van der Waals surface area contributed by atoms with Crippen LogP contribution in [0, 0.1) is 0 Å². The quantitative estimate of drug-likeness (QED) is 0.758. The Morgan fingerprint density at radius 1 is 1.14 bits per heavy atom. The Kier molecular flexibility index (Phi) is 8.27. The van der Waals surface area contributed by atoms with E-state index >= 15 is 0 Å². The molecular weight excluding hydrogens is 282 g/mol. The monoisotopic (exact) mass is 311 g/mol. The molecule has 0 aromatic heterocycles. The molecule has 1 aromatic rings. The average molecular weight is 312 g/mol. The molecule has 0 heterocycles. The van der Waals surface area contributed by atoms with Gasteiger partial charge in [0.25, 0.3) is 0 Å². The van der Waals surface area contributed by atoms with Gasteiger partial charge < -0.3 is 10.6 Å². The molecule has 21 heavy (non-hydrogen) atoms. The lowest BCUT2D eigenvalue weighted by Crippen LogP contribution is -2.42. The molecule has 0 radical (unpaired) electrons. The highest BCUT2D eigenvalue weighted by Crippen LogP contribution is 2.30. The van der Waals surface area contributed by atoms with Crippen LogP contribution in [0.4, 0.5) is 0 Å². The smallest absolute Gasteiger partial charge is 0.0513 e. The zero-order valence-electron chi connectivity index (χ0n) is 13.8. The van der Waals surface area contributed by atoms with Crippen molar-refractivity contribution in [2.45, 2.75) is 38.8 Å². The maximum Gasteiger partial charge on any atom is 0.0513 e. The van der Waals surface area contributed by atoms with E-state index in [-0.39, 0.29) is 12.1 Å². The normalized spacial score (nSPS) is 14.7. The summed E-state index contributed by atoms with van der Waals surface area (Å²) in [5.41, 5.74) is 7.57. The van der Waals surface area contributed by atoms with Gasteiger partial charge in [0.2, 0.25) is 0 Å². The van der Waals surface area contributed by atoms with Gasteiger partial charge in [-0.15, -0.1) is 0 Å². The van der Waals surface area contributed by atoms with Gasteiger partial charge >= 0.3 is 0 Å². The lowest BCUT2D eigenvalue weighted by molar-refractivity contribution is 0.170. The minimum absolute atomic E-state index is 0.101. The fourth-order valence-corrected chi connectivity index (χ4v) is 2.97. The molecule has 0 aliphatic carbocycles. The summed E-state index contributed by atoms with van der Waals surface area (Å²) in [4.78, 5) is 4.68. The van der Waals surface area contributed by atoms with Gasteiger partial charge in [0.05, 0.1) is 6.04 Å². The third-order valence-electron chi connectivity index (χ3n) is 3.95. The van der Waals surface area contributed by atoms with Crippen LogP contribution in [0.15, 0.2) is 24.3 Å². The molecule has 1 rings (SSSR count). The summed E-state index contributed by atoms with van der Waals surface area (Å²) < 4.78 is 0. The largest absolute Gasteiger partial charge is 0.326 e. The Balaban J connectivity index is 2.92. The number of nitrogens with two attached hydrogens (primary N) is 1. The van der Waals surface area contributed by atoms with Crippen LogP contribution in [0.5, 0.6) is 0 Å². The molecule has 2 atom stereocenters. The molecule has 0 saturated carbocycles. The fourth-order valence-electron chi connectivity index (χ4n) is 2.72. The summed E-state index contributed by atoms with van der Waals surface area (Å²) in [6.45, 7) is 7.45. The van der Waals surface area contributed by atoms with E-state index in [2.05, 4.69) is 43.8 Å². The molecule has 0 fully saturated rings. The Morgan fingerprint density at radius 3 is 2.33 bits per heavy atom. The van der Waals surface area contributed by atoms with Gasteiger partial charge in [-0.3, -0.25) is 4.90 Å². The Bertz CT molecular complexity index is 409. The molecule has 3 nitrogen and oxygen atoms in total. The first-order chi connectivity index (χ1) is 10.0. The summed E-state index contributed by atoms with van der Waals surface area (Å²) in [7, 11) is 4.22. The first-order valence-corrected chi connectivity index (χ1v) is 8.27. The number of likely N-dealkylation sites (N-methyl/N-ethyl adjacent to an activating group) is 1. The first-order valence-electron chi connectivity index (χ1n) is 7.90. The van der Waals surface area contributed by atoms with Crippen molar-refractivity contribution in [1.29, 1.82) is 0 Å². The van der Waals surface area contributed by atoms with Gasteiger partial charge in [0, 0.05) is 17.6 Å². The van der Waals surface area contributed by atoms with Crippen LogP contribution in [-0.2, 0) is 0 Å². The third-order valence-corrected chi connectivity index (χ3v) is 4.30. The van der Waals surface area contributed by atoms with Gasteiger partial charge in [0.15, 0.2) is 0 Å². The second-order valence-corrected chi connectivity index (χ2v) is 6.23. The van der Waals surface area contributed by atoms with Crippen LogP contribution in [0.1, 0.15) is 38.3 Å².